The quantitative estimate of drug-likeness (QED) is 0.0930. The van der Waals surface area contributed by atoms with E-state index in [1.54, 1.807) is 23.9 Å². The first-order valence-electron chi connectivity index (χ1n) is 21.8. The molecule has 312 valence electrons. The highest BCUT2D eigenvalue weighted by Gasteiger charge is 2.61. The number of methoxy groups -OCH3 is 1. The Balaban J connectivity index is 0.885. The standard InChI is InChI=1S/C47H55N3O8S/c1-24(30-12-13-32-40(30)37(53)20-35-41(32)36(52)18-26-17-27(51)15-16-47(26,35)2)7-14-39(54)58-38-6-4-5-33-42-45(59-43(33)38)49-44(50(46(42)55)22-29-21-48-23-57-29)31-11-10-28(56-3)19-34(31)25-8-9-25/h4-6,10-11,19,21,23-27,30,32,35-37,40-41,51-53H,7-9,12-18,20,22H2,1-3H3/t24-,26+,27-,30-,32-,35+,36-,37+,40-,41+,47+/m1/s1. The summed E-state index contributed by atoms with van der Waals surface area (Å²) in [5.74, 6) is 3.88. The van der Waals surface area contributed by atoms with Gasteiger partial charge >= 0.3 is 5.97 Å². The summed E-state index contributed by atoms with van der Waals surface area (Å²) in [5, 5.41) is 35.0. The Bertz CT molecular complexity index is 2440. The number of ether oxygens (including phenoxy) is 2. The molecule has 3 heterocycles. The third kappa shape index (κ3) is 6.73. The van der Waals surface area contributed by atoms with Crippen LogP contribution in [0.4, 0.5) is 0 Å². The van der Waals surface area contributed by atoms with Crippen LogP contribution in [0, 0.1) is 46.8 Å². The molecule has 0 bridgehead atoms. The van der Waals surface area contributed by atoms with Crippen LogP contribution in [-0.4, -0.2) is 61.2 Å². The number of nitrogens with zero attached hydrogens (tertiary/aromatic N) is 3. The fourth-order valence-corrected chi connectivity index (χ4v) is 13.7. The summed E-state index contributed by atoms with van der Waals surface area (Å²) >= 11 is 1.36. The van der Waals surface area contributed by atoms with E-state index in [9.17, 15) is 24.9 Å². The lowest BCUT2D eigenvalue weighted by Gasteiger charge is -2.61. The number of aliphatic hydroxyl groups is 3. The van der Waals surface area contributed by atoms with Gasteiger partial charge in [-0.3, -0.25) is 14.2 Å². The third-order valence-electron chi connectivity index (χ3n) is 15.7. The lowest BCUT2D eigenvalue weighted by molar-refractivity contribution is -0.181. The Kier molecular flexibility index (Phi) is 10.0. The van der Waals surface area contributed by atoms with Gasteiger partial charge in [0.15, 0.2) is 6.39 Å². The molecule has 5 saturated carbocycles. The topological polar surface area (TPSA) is 157 Å². The van der Waals surface area contributed by atoms with Crippen LogP contribution in [0.25, 0.3) is 31.7 Å². The molecule has 5 aliphatic carbocycles. The maximum atomic E-state index is 14.6. The number of hydrogen-bond acceptors (Lipinski definition) is 11. The van der Waals surface area contributed by atoms with Crippen LogP contribution in [0.5, 0.6) is 11.5 Å². The molecule has 5 aromatic rings. The lowest BCUT2D eigenvalue weighted by Crippen LogP contribution is -2.59. The zero-order valence-corrected chi connectivity index (χ0v) is 34.9. The number of oxazole rings is 1. The highest BCUT2D eigenvalue weighted by atomic mass is 32.1. The summed E-state index contributed by atoms with van der Waals surface area (Å²) in [6, 6.07) is 11.4. The summed E-state index contributed by atoms with van der Waals surface area (Å²) in [5.41, 5.74) is 1.81. The molecule has 12 heteroatoms. The second kappa shape index (κ2) is 15.1. The minimum Gasteiger partial charge on any atom is -0.497 e. The van der Waals surface area contributed by atoms with Gasteiger partial charge in [0, 0.05) is 17.4 Å². The number of fused-ring (bicyclic) bond motifs is 8. The number of aliphatic hydroxyl groups excluding tert-OH is 3. The van der Waals surface area contributed by atoms with Gasteiger partial charge in [0.25, 0.3) is 5.56 Å². The molecule has 5 aliphatic rings. The molecular weight excluding hydrogens is 767 g/mol. The second-order valence-corrected chi connectivity index (χ2v) is 19.8. The minimum absolute atomic E-state index is 0.0440. The largest absolute Gasteiger partial charge is 0.497 e. The first kappa shape index (κ1) is 39.1. The molecule has 11 nitrogen and oxygen atoms in total. The summed E-state index contributed by atoms with van der Waals surface area (Å²) in [6.45, 7) is 4.72. The number of aromatic nitrogens is 3. The molecule has 59 heavy (non-hydrogen) atoms. The second-order valence-electron chi connectivity index (χ2n) is 18.8. The zero-order valence-electron chi connectivity index (χ0n) is 34.1. The fourth-order valence-electron chi connectivity index (χ4n) is 12.6. The van der Waals surface area contributed by atoms with E-state index in [1.807, 2.05) is 30.3 Å². The van der Waals surface area contributed by atoms with Crippen molar-refractivity contribution in [2.45, 2.75) is 115 Å². The average molecular weight is 822 g/mol. The summed E-state index contributed by atoms with van der Waals surface area (Å²) in [4.78, 5) is 38.0. The Morgan fingerprint density at radius 2 is 1.88 bits per heavy atom. The third-order valence-corrected chi connectivity index (χ3v) is 16.8. The van der Waals surface area contributed by atoms with Crippen molar-refractivity contribution < 1.29 is 34.0 Å². The van der Waals surface area contributed by atoms with Crippen molar-refractivity contribution >= 4 is 37.6 Å². The summed E-state index contributed by atoms with van der Waals surface area (Å²) < 4.78 is 19.6. The number of carbonyl (C=O) groups excluding carboxylic acids is 1. The van der Waals surface area contributed by atoms with E-state index in [2.05, 4.69) is 18.8 Å². The van der Waals surface area contributed by atoms with Crippen LogP contribution in [0.15, 0.2) is 58.2 Å². The van der Waals surface area contributed by atoms with Crippen molar-refractivity contribution in [1.29, 1.82) is 0 Å². The molecule has 5 fully saturated rings. The molecule has 10 rings (SSSR count). The monoisotopic (exact) mass is 821 g/mol. The van der Waals surface area contributed by atoms with Crippen LogP contribution in [0.2, 0.25) is 0 Å². The Morgan fingerprint density at radius 3 is 2.66 bits per heavy atom. The van der Waals surface area contributed by atoms with E-state index in [4.69, 9.17) is 18.9 Å². The molecule has 0 aliphatic heterocycles. The summed E-state index contributed by atoms with van der Waals surface area (Å²) in [7, 11) is 1.65. The van der Waals surface area contributed by atoms with Gasteiger partial charge in [0.2, 0.25) is 0 Å². The number of rotatable bonds is 10. The Labute approximate surface area is 347 Å². The maximum Gasteiger partial charge on any atom is 0.311 e. The van der Waals surface area contributed by atoms with E-state index in [0.29, 0.717) is 62.3 Å². The van der Waals surface area contributed by atoms with E-state index in [0.717, 1.165) is 68.2 Å². The van der Waals surface area contributed by atoms with Gasteiger partial charge in [-0.15, -0.1) is 11.3 Å². The Morgan fingerprint density at radius 1 is 1.05 bits per heavy atom. The van der Waals surface area contributed by atoms with Gasteiger partial charge in [-0.1, -0.05) is 26.0 Å². The van der Waals surface area contributed by atoms with Gasteiger partial charge in [-0.05, 0) is 147 Å². The molecule has 2 aromatic carbocycles. The number of carbonyl (C=O) groups is 1. The number of esters is 1. The van der Waals surface area contributed by atoms with Crippen LogP contribution in [0.3, 0.4) is 0 Å². The van der Waals surface area contributed by atoms with Crippen LogP contribution in [-0.2, 0) is 11.3 Å². The van der Waals surface area contributed by atoms with Gasteiger partial charge in [0.05, 0.1) is 48.2 Å². The molecule has 0 spiro atoms. The molecule has 11 atom stereocenters. The molecule has 3 N–H and O–H groups in total. The van der Waals surface area contributed by atoms with Crippen LogP contribution >= 0.6 is 11.3 Å². The number of benzene rings is 2. The predicted molar refractivity (Wildman–Crippen MR) is 224 cm³/mol. The normalized spacial score (nSPS) is 32.1. The van der Waals surface area contributed by atoms with Crippen LogP contribution in [0.1, 0.15) is 102 Å². The zero-order chi connectivity index (χ0) is 40.7. The predicted octanol–water partition coefficient (Wildman–Crippen LogP) is 8.09. The van der Waals surface area contributed by atoms with Gasteiger partial charge < -0.3 is 29.2 Å². The van der Waals surface area contributed by atoms with Gasteiger partial charge in [0.1, 0.15) is 27.9 Å². The molecule has 0 amide bonds. The first-order valence-corrected chi connectivity index (χ1v) is 22.6. The Hall–Kier alpha value is -4.10. The first-order chi connectivity index (χ1) is 28.5. The highest BCUT2D eigenvalue weighted by molar-refractivity contribution is 7.25. The van der Waals surface area contributed by atoms with Gasteiger partial charge in [-0.25, -0.2) is 9.97 Å². The van der Waals surface area contributed by atoms with Crippen molar-refractivity contribution in [3.8, 4) is 22.9 Å². The van der Waals surface area contributed by atoms with Gasteiger partial charge in [-0.2, -0.15) is 0 Å². The average Bonchev–Trinajstić information content (AvgIpc) is 3.56. The van der Waals surface area contributed by atoms with Crippen LogP contribution < -0.4 is 15.0 Å². The van der Waals surface area contributed by atoms with Crippen molar-refractivity contribution in [3.05, 3.63) is 70.7 Å². The molecule has 0 radical (unpaired) electrons. The van der Waals surface area contributed by atoms with E-state index in [1.165, 1.54) is 17.7 Å². The maximum absolute atomic E-state index is 14.6. The summed E-state index contributed by atoms with van der Waals surface area (Å²) in [6.07, 6.45) is 10.8. The highest BCUT2D eigenvalue weighted by Crippen LogP contribution is 2.64. The number of thiophene rings is 1. The van der Waals surface area contributed by atoms with Crippen molar-refractivity contribution in [2.75, 3.05) is 7.11 Å². The molecular formula is C47H55N3O8S. The minimum atomic E-state index is -0.428. The van der Waals surface area contributed by atoms with E-state index in [-0.39, 0.29) is 71.5 Å². The van der Waals surface area contributed by atoms with Crippen molar-refractivity contribution in [2.24, 2.45) is 46.8 Å². The molecule has 0 unspecified atom stereocenters. The smallest absolute Gasteiger partial charge is 0.311 e. The lowest BCUT2D eigenvalue weighted by atomic mass is 9.45. The number of hydrogen-bond donors (Lipinski definition) is 3. The van der Waals surface area contributed by atoms with E-state index >= 15 is 0 Å². The molecule has 3 aromatic heterocycles. The van der Waals surface area contributed by atoms with Crippen molar-refractivity contribution in [1.82, 2.24) is 14.5 Å². The molecule has 0 saturated heterocycles. The SMILES string of the molecule is COc1ccc(-c2nc3sc4c(OC(=O)CC[C@@H](C)[C@H]5CC[C@@H]6[C@@H]5[C@@H](O)C[C@H]5[C@H]6[C@H](O)C[C@@H]6C[C@H](O)CC[C@@]65C)cccc4c3c(=O)n2Cc2cnco2)c(C2CC2)c1. The fraction of sp³-hybridized carbons (Fsp3) is 0.574. The van der Waals surface area contributed by atoms with E-state index < -0.39 is 12.2 Å². The van der Waals surface area contributed by atoms with Crippen molar-refractivity contribution in [3.63, 3.8) is 0 Å².